The molecule has 5 aliphatic carbocycles. The minimum atomic E-state index is -4.37. The quantitative estimate of drug-likeness (QED) is 0.726. The van der Waals surface area contributed by atoms with Gasteiger partial charge in [0, 0.05) is 0 Å². The molecule has 7 heteroatoms. The van der Waals surface area contributed by atoms with E-state index in [1.807, 2.05) is 0 Å². The van der Waals surface area contributed by atoms with Gasteiger partial charge >= 0.3 is 6.18 Å². The normalized spacial score (nSPS) is 41.7. The fourth-order valence-electron chi connectivity index (χ4n) is 6.57. The molecule has 0 aromatic heterocycles. The second-order valence-corrected chi connectivity index (χ2v) is 9.18. The van der Waals surface area contributed by atoms with Crippen LogP contribution in [0.4, 0.5) is 13.2 Å². The van der Waals surface area contributed by atoms with Crippen LogP contribution in [0.5, 0.6) is 0 Å². The van der Waals surface area contributed by atoms with Crippen molar-refractivity contribution in [3.63, 3.8) is 0 Å². The topological polar surface area (TPSA) is 58.2 Å². The molecule has 0 aromatic rings. The second-order valence-electron chi connectivity index (χ2n) is 9.18. The first-order chi connectivity index (χ1) is 12.3. The van der Waals surface area contributed by atoms with Crippen molar-refractivity contribution in [2.75, 3.05) is 0 Å². The van der Waals surface area contributed by atoms with Crippen LogP contribution in [-0.2, 0) is 9.59 Å². The van der Waals surface area contributed by atoms with Gasteiger partial charge in [0.2, 0.25) is 11.8 Å². The van der Waals surface area contributed by atoms with E-state index < -0.39 is 29.3 Å². The summed E-state index contributed by atoms with van der Waals surface area (Å²) in [6.45, 7) is 0. The van der Waals surface area contributed by atoms with E-state index in [9.17, 15) is 22.8 Å². The van der Waals surface area contributed by atoms with E-state index in [4.69, 9.17) is 0 Å². The molecule has 146 valence electrons. The van der Waals surface area contributed by atoms with Gasteiger partial charge in [-0.1, -0.05) is 12.8 Å². The predicted octanol–water partition coefficient (Wildman–Crippen LogP) is 3.72. The number of nitrogens with one attached hydrogen (secondary N) is 2. The molecule has 2 unspecified atom stereocenters. The molecule has 2 amide bonds. The van der Waals surface area contributed by atoms with E-state index in [0.717, 1.165) is 19.3 Å². The average Bonchev–Trinajstić information content (AvgIpc) is 2.57. The molecule has 2 atom stereocenters. The van der Waals surface area contributed by atoms with Crippen molar-refractivity contribution in [2.45, 2.75) is 70.4 Å². The SMILES string of the molecule is O=C(NNC(=O)C12CC3CC(CC(C3)C1)C2)C1CCCCC1C(F)(F)F. The van der Waals surface area contributed by atoms with Crippen molar-refractivity contribution < 1.29 is 22.8 Å². The first-order valence-corrected chi connectivity index (χ1v) is 9.94. The molecule has 0 spiro atoms. The Morgan fingerprint density at radius 3 is 1.92 bits per heavy atom. The minimum Gasteiger partial charge on any atom is -0.273 e. The highest BCUT2D eigenvalue weighted by molar-refractivity contribution is 5.87. The molecule has 0 saturated heterocycles. The first-order valence-electron chi connectivity index (χ1n) is 9.94. The minimum absolute atomic E-state index is 0.00941. The van der Waals surface area contributed by atoms with Gasteiger partial charge in [-0.25, -0.2) is 0 Å². The molecule has 0 aliphatic heterocycles. The number of carbonyl (C=O) groups is 2. The van der Waals surface area contributed by atoms with Crippen molar-refractivity contribution in [1.29, 1.82) is 0 Å². The maximum Gasteiger partial charge on any atom is 0.392 e. The highest BCUT2D eigenvalue weighted by Crippen LogP contribution is 2.60. The van der Waals surface area contributed by atoms with Crippen molar-refractivity contribution in [1.82, 2.24) is 10.9 Å². The molecule has 5 aliphatic rings. The van der Waals surface area contributed by atoms with Crippen LogP contribution in [-0.4, -0.2) is 18.0 Å². The zero-order valence-corrected chi connectivity index (χ0v) is 14.9. The zero-order chi connectivity index (χ0) is 18.5. The van der Waals surface area contributed by atoms with Crippen LogP contribution in [0.2, 0.25) is 0 Å². The molecule has 26 heavy (non-hydrogen) atoms. The van der Waals surface area contributed by atoms with Crippen LogP contribution in [0, 0.1) is 35.0 Å². The van der Waals surface area contributed by atoms with Crippen LogP contribution < -0.4 is 10.9 Å². The summed E-state index contributed by atoms with van der Waals surface area (Å²) in [6.07, 6.45) is 3.14. The second kappa shape index (κ2) is 6.41. The standard InChI is InChI=1S/C19H27F3N2O2/c20-19(21,22)15-4-2-1-3-14(15)16(25)23-24-17(26)18-8-11-5-12(9-18)7-13(6-11)10-18/h11-15H,1-10H2,(H,23,25)(H,24,26). The number of alkyl halides is 3. The van der Waals surface area contributed by atoms with Gasteiger partial charge in [0.15, 0.2) is 0 Å². The van der Waals surface area contributed by atoms with Crippen LogP contribution in [0.3, 0.4) is 0 Å². The van der Waals surface area contributed by atoms with E-state index in [2.05, 4.69) is 10.9 Å². The number of carbonyl (C=O) groups excluding carboxylic acids is 2. The fourth-order valence-corrected chi connectivity index (χ4v) is 6.57. The van der Waals surface area contributed by atoms with E-state index in [1.165, 1.54) is 19.3 Å². The third-order valence-corrected chi connectivity index (χ3v) is 7.34. The van der Waals surface area contributed by atoms with Crippen LogP contribution in [0.15, 0.2) is 0 Å². The van der Waals surface area contributed by atoms with E-state index in [-0.39, 0.29) is 18.7 Å². The van der Waals surface area contributed by atoms with Crippen molar-refractivity contribution in [3.05, 3.63) is 0 Å². The van der Waals surface area contributed by atoms with Gasteiger partial charge in [0.05, 0.1) is 17.3 Å². The highest BCUT2D eigenvalue weighted by atomic mass is 19.4. The molecular weight excluding hydrogens is 345 g/mol. The Morgan fingerprint density at radius 1 is 0.846 bits per heavy atom. The maximum absolute atomic E-state index is 13.2. The Labute approximate surface area is 151 Å². The summed E-state index contributed by atoms with van der Waals surface area (Å²) >= 11 is 0. The lowest BCUT2D eigenvalue weighted by Gasteiger charge is -2.55. The molecule has 0 aromatic carbocycles. The summed E-state index contributed by atoms with van der Waals surface area (Å²) in [7, 11) is 0. The molecule has 5 rings (SSSR count). The fraction of sp³-hybridized carbons (Fsp3) is 0.895. The van der Waals surface area contributed by atoms with Crippen molar-refractivity contribution in [2.24, 2.45) is 35.0 Å². The lowest BCUT2D eigenvalue weighted by atomic mass is 9.49. The Hall–Kier alpha value is -1.27. The van der Waals surface area contributed by atoms with Crippen LogP contribution >= 0.6 is 0 Å². The monoisotopic (exact) mass is 372 g/mol. The summed E-state index contributed by atoms with van der Waals surface area (Å²) in [4.78, 5) is 25.2. The lowest BCUT2D eigenvalue weighted by Crippen LogP contribution is -2.58. The van der Waals surface area contributed by atoms with Gasteiger partial charge in [0.1, 0.15) is 0 Å². The average molecular weight is 372 g/mol. The van der Waals surface area contributed by atoms with E-state index in [1.54, 1.807) is 0 Å². The highest BCUT2D eigenvalue weighted by Gasteiger charge is 2.55. The predicted molar refractivity (Wildman–Crippen MR) is 88.4 cm³/mol. The van der Waals surface area contributed by atoms with Gasteiger partial charge in [-0.2, -0.15) is 13.2 Å². The third kappa shape index (κ3) is 3.22. The van der Waals surface area contributed by atoms with Gasteiger partial charge < -0.3 is 0 Å². The summed E-state index contributed by atoms with van der Waals surface area (Å²) < 4.78 is 39.6. The van der Waals surface area contributed by atoms with Crippen molar-refractivity contribution in [3.8, 4) is 0 Å². The van der Waals surface area contributed by atoms with Crippen LogP contribution in [0.1, 0.15) is 64.2 Å². The summed E-state index contributed by atoms with van der Waals surface area (Å²) in [5.74, 6) is -1.80. The summed E-state index contributed by atoms with van der Waals surface area (Å²) in [5, 5.41) is 0. The van der Waals surface area contributed by atoms with Crippen LogP contribution in [0.25, 0.3) is 0 Å². The number of hydrogen-bond acceptors (Lipinski definition) is 2. The van der Waals surface area contributed by atoms with E-state index in [0.29, 0.717) is 30.6 Å². The largest absolute Gasteiger partial charge is 0.392 e. The van der Waals surface area contributed by atoms with Gasteiger partial charge in [-0.3, -0.25) is 20.4 Å². The number of amides is 2. The smallest absolute Gasteiger partial charge is 0.273 e. The molecule has 4 nitrogen and oxygen atoms in total. The Morgan fingerprint density at radius 2 is 1.38 bits per heavy atom. The molecule has 5 saturated carbocycles. The van der Waals surface area contributed by atoms with Crippen molar-refractivity contribution >= 4 is 11.8 Å². The molecule has 0 heterocycles. The maximum atomic E-state index is 13.2. The van der Waals surface area contributed by atoms with Gasteiger partial charge in [-0.15, -0.1) is 0 Å². The summed E-state index contributed by atoms with van der Waals surface area (Å²) in [6, 6.07) is 0. The molecule has 4 bridgehead atoms. The lowest BCUT2D eigenvalue weighted by molar-refractivity contribution is -0.198. The zero-order valence-electron chi connectivity index (χ0n) is 14.9. The molecular formula is C19H27F3N2O2. The number of hydrazine groups is 1. The first kappa shape index (κ1) is 18.1. The number of halogens is 3. The number of rotatable bonds is 2. The summed E-state index contributed by atoms with van der Waals surface area (Å²) in [5.41, 5.74) is 4.43. The Kier molecular flexibility index (Phi) is 4.47. The Balaban J connectivity index is 1.37. The third-order valence-electron chi connectivity index (χ3n) is 7.34. The number of hydrogen-bond donors (Lipinski definition) is 2. The molecule has 5 fully saturated rings. The molecule has 0 radical (unpaired) electrons. The van der Waals surface area contributed by atoms with E-state index >= 15 is 0 Å². The Bertz CT molecular complexity index is 555. The van der Waals surface area contributed by atoms with Gasteiger partial charge in [-0.05, 0) is 69.1 Å². The van der Waals surface area contributed by atoms with Gasteiger partial charge in [0.25, 0.3) is 0 Å². The molecule has 2 N–H and O–H groups in total.